The molecule has 6 nitrogen and oxygen atoms in total. The molecule has 0 radical (unpaired) electrons. The second-order valence-electron chi connectivity index (χ2n) is 5.61. The lowest BCUT2D eigenvalue weighted by Crippen LogP contribution is -2.38. The van der Waals surface area contributed by atoms with Crippen molar-refractivity contribution in [2.45, 2.75) is 26.4 Å². The van der Waals surface area contributed by atoms with E-state index in [4.69, 9.17) is 0 Å². The maximum Gasteiger partial charge on any atom is 0.278 e. The van der Waals surface area contributed by atoms with Gasteiger partial charge in [0.05, 0.1) is 15.9 Å². The topological polar surface area (TPSA) is 79.5 Å². The third kappa shape index (κ3) is 3.28. The average Bonchev–Trinajstić information content (AvgIpc) is 2.42. The maximum atomic E-state index is 11.1. The third-order valence-corrected chi connectivity index (χ3v) is 3.27. The van der Waals surface area contributed by atoms with E-state index in [0.29, 0.717) is 18.5 Å². The molecular weight excluding hydrogens is 270 g/mol. The van der Waals surface area contributed by atoms with Crippen molar-refractivity contribution in [1.82, 2.24) is 4.98 Å². The van der Waals surface area contributed by atoms with Crippen LogP contribution in [0.15, 0.2) is 30.6 Å². The van der Waals surface area contributed by atoms with Crippen LogP contribution in [0.4, 0.5) is 11.4 Å². The fourth-order valence-corrected chi connectivity index (χ4v) is 2.43. The Morgan fingerprint density at radius 2 is 2.05 bits per heavy atom. The van der Waals surface area contributed by atoms with Crippen LogP contribution in [0.25, 0.3) is 10.8 Å². The summed E-state index contributed by atoms with van der Waals surface area (Å²) in [5.74, 6) is 0. The number of aromatic nitrogens is 1. The molecule has 0 aliphatic carbocycles. The number of likely N-dealkylation sites (N-methyl/N-ethyl adjacent to an activating group) is 1. The van der Waals surface area contributed by atoms with Crippen molar-refractivity contribution in [1.29, 1.82) is 0 Å². The zero-order valence-corrected chi connectivity index (χ0v) is 12.4. The standard InChI is InChI=1S/C15H19N3O3/c1-4-17(10-15(2,3)19)13-5-6-14(18(20)21)12-9-16-8-7-11(12)13/h5-9,19H,4,10H2,1-3H3. The van der Waals surface area contributed by atoms with Gasteiger partial charge in [-0.1, -0.05) is 0 Å². The number of benzene rings is 1. The van der Waals surface area contributed by atoms with E-state index in [0.717, 1.165) is 11.1 Å². The summed E-state index contributed by atoms with van der Waals surface area (Å²) in [6.45, 7) is 6.60. The first-order valence-electron chi connectivity index (χ1n) is 6.82. The minimum Gasteiger partial charge on any atom is -0.389 e. The van der Waals surface area contributed by atoms with E-state index in [1.54, 1.807) is 32.2 Å². The van der Waals surface area contributed by atoms with E-state index in [1.807, 2.05) is 11.8 Å². The van der Waals surface area contributed by atoms with Gasteiger partial charge in [-0.2, -0.15) is 0 Å². The Kier molecular flexibility index (Phi) is 4.09. The molecule has 0 aliphatic heterocycles. The van der Waals surface area contributed by atoms with Crippen LogP contribution in [0.1, 0.15) is 20.8 Å². The van der Waals surface area contributed by atoms with Crippen LogP contribution in [0.5, 0.6) is 0 Å². The Balaban J connectivity index is 2.59. The van der Waals surface area contributed by atoms with Crippen molar-refractivity contribution in [3.8, 4) is 0 Å². The number of anilines is 1. The average molecular weight is 289 g/mol. The van der Waals surface area contributed by atoms with Gasteiger partial charge in [-0.25, -0.2) is 0 Å². The van der Waals surface area contributed by atoms with Crippen LogP contribution in [-0.4, -0.2) is 33.7 Å². The minimum absolute atomic E-state index is 0.0427. The summed E-state index contributed by atoms with van der Waals surface area (Å²) < 4.78 is 0. The monoisotopic (exact) mass is 289 g/mol. The van der Waals surface area contributed by atoms with Gasteiger partial charge in [0.25, 0.3) is 5.69 Å². The van der Waals surface area contributed by atoms with Gasteiger partial charge in [-0.3, -0.25) is 15.1 Å². The lowest BCUT2D eigenvalue weighted by Gasteiger charge is -2.30. The fourth-order valence-electron chi connectivity index (χ4n) is 2.43. The number of hydrogen-bond donors (Lipinski definition) is 1. The van der Waals surface area contributed by atoms with E-state index in [2.05, 4.69) is 4.98 Å². The maximum absolute atomic E-state index is 11.1. The number of rotatable bonds is 5. The summed E-state index contributed by atoms with van der Waals surface area (Å²) in [7, 11) is 0. The molecule has 1 aromatic carbocycles. The zero-order chi connectivity index (χ0) is 15.6. The number of nitrogens with zero attached hydrogens (tertiary/aromatic N) is 3. The first-order valence-corrected chi connectivity index (χ1v) is 6.82. The van der Waals surface area contributed by atoms with E-state index in [9.17, 15) is 15.2 Å². The molecule has 1 heterocycles. The van der Waals surface area contributed by atoms with Gasteiger partial charge in [0, 0.05) is 42.6 Å². The Labute approximate surface area is 123 Å². The normalized spacial score (nSPS) is 11.6. The van der Waals surface area contributed by atoms with Crippen molar-refractivity contribution in [3.63, 3.8) is 0 Å². The molecule has 0 bridgehead atoms. The molecule has 1 N–H and O–H groups in total. The molecule has 112 valence electrons. The zero-order valence-electron chi connectivity index (χ0n) is 12.4. The first kappa shape index (κ1) is 15.2. The smallest absolute Gasteiger partial charge is 0.278 e. The van der Waals surface area contributed by atoms with Gasteiger partial charge < -0.3 is 10.0 Å². The highest BCUT2D eigenvalue weighted by atomic mass is 16.6. The molecule has 0 fully saturated rings. The van der Waals surface area contributed by atoms with Gasteiger partial charge in [-0.05, 0) is 32.9 Å². The second kappa shape index (κ2) is 5.65. The van der Waals surface area contributed by atoms with Gasteiger partial charge >= 0.3 is 0 Å². The fraction of sp³-hybridized carbons (Fsp3) is 0.400. The molecule has 1 aromatic heterocycles. The molecule has 2 rings (SSSR count). The van der Waals surface area contributed by atoms with Crippen molar-refractivity contribution in [2.75, 3.05) is 18.0 Å². The summed E-state index contributed by atoms with van der Waals surface area (Å²) in [6.07, 6.45) is 3.13. The Hall–Kier alpha value is -2.21. The summed E-state index contributed by atoms with van der Waals surface area (Å²) >= 11 is 0. The second-order valence-corrected chi connectivity index (χ2v) is 5.61. The summed E-state index contributed by atoms with van der Waals surface area (Å²) in [5.41, 5.74) is 0.0562. The van der Waals surface area contributed by atoms with Crippen LogP contribution in [0.2, 0.25) is 0 Å². The molecule has 0 saturated heterocycles. The van der Waals surface area contributed by atoms with E-state index in [-0.39, 0.29) is 5.69 Å². The Morgan fingerprint density at radius 1 is 1.33 bits per heavy atom. The molecule has 21 heavy (non-hydrogen) atoms. The van der Waals surface area contributed by atoms with E-state index in [1.165, 1.54) is 12.3 Å². The molecule has 0 unspecified atom stereocenters. The largest absolute Gasteiger partial charge is 0.389 e. The molecule has 0 aliphatic rings. The number of aliphatic hydroxyl groups is 1. The lowest BCUT2D eigenvalue weighted by molar-refractivity contribution is -0.383. The first-order chi connectivity index (χ1) is 9.83. The van der Waals surface area contributed by atoms with Crippen LogP contribution in [0, 0.1) is 10.1 Å². The third-order valence-electron chi connectivity index (χ3n) is 3.27. The number of fused-ring (bicyclic) bond motifs is 1. The summed E-state index contributed by atoms with van der Waals surface area (Å²) in [6, 6.07) is 4.99. The van der Waals surface area contributed by atoms with Crippen molar-refractivity contribution in [3.05, 3.63) is 40.7 Å². The van der Waals surface area contributed by atoms with Crippen LogP contribution in [0.3, 0.4) is 0 Å². The molecule has 0 spiro atoms. The van der Waals surface area contributed by atoms with Crippen molar-refractivity contribution in [2.24, 2.45) is 0 Å². The predicted molar refractivity (Wildman–Crippen MR) is 82.6 cm³/mol. The SMILES string of the molecule is CCN(CC(C)(C)O)c1ccc([N+](=O)[O-])c2cnccc12. The van der Waals surface area contributed by atoms with E-state index < -0.39 is 10.5 Å². The van der Waals surface area contributed by atoms with Gasteiger partial charge in [0.2, 0.25) is 0 Å². The highest BCUT2D eigenvalue weighted by molar-refractivity contribution is 5.99. The molecule has 6 heteroatoms. The lowest BCUT2D eigenvalue weighted by atomic mass is 10.1. The molecular formula is C15H19N3O3. The van der Waals surface area contributed by atoms with E-state index >= 15 is 0 Å². The quantitative estimate of drug-likeness (QED) is 0.676. The molecule has 0 amide bonds. The van der Waals surface area contributed by atoms with Crippen molar-refractivity contribution >= 4 is 22.1 Å². The number of nitro benzene ring substituents is 1. The van der Waals surface area contributed by atoms with Gasteiger partial charge in [-0.15, -0.1) is 0 Å². The predicted octanol–water partition coefficient (Wildman–Crippen LogP) is 2.74. The highest BCUT2D eigenvalue weighted by Crippen LogP contribution is 2.33. The summed E-state index contributed by atoms with van der Waals surface area (Å²) in [4.78, 5) is 16.7. The number of non-ortho nitro benzene ring substituents is 1. The van der Waals surface area contributed by atoms with Crippen LogP contribution < -0.4 is 4.90 Å². The van der Waals surface area contributed by atoms with Crippen LogP contribution >= 0.6 is 0 Å². The number of hydrogen-bond acceptors (Lipinski definition) is 5. The number of pyridine rings is 1. The van der Waals surface area contributed by atoms with Gasteiger partial charge in [0.15, 0.2) is 0 Å². The minimum atomic E-state index is -0.850. The summed E-state index contributed by atoms with van der Waals surface area (Å²) in [5, 5.41) is 22.4. The molecule has 2 aromatic rings. The van der Waals surface area contributed by atoms with Crippen LogP contribution in [-0.2, 0) is 0 Å². The Morgan fingerprint density at radius 3 is 2.62 bits per heavy atom. The van der Waals surface area contributed by atoms with Gasteiger partial charge in [0.1, 0.15) is 0 Å². The van der Waals surface area contributed by atoms with Crippen molar-refractivity contribution < 1.29 is 10.0 Å². The number of nitro groups is 1. The molecule has 0 saturated carbocycles. The highest BCUT2D eigenvalue weighted by Gasteiger charge is 2.21. The molecule has 0 atom stereocenters. The Bertz CT molecular complexity index is 665.